The minimum Gasteiger partial charge on any atom is -0.399 e. The zero-order valence-electron chi connectivity index (χ0n) is 11.6. The predicted molar refractivity (Wildman–Crippen MR) is 78.9 cm³/mol. The molecular weight excluding hydrogens is 274 g/mol. The molecule has 0 unspecified atom stereocenters. The number of hydrogen-bond acceptors (Lipinski definition) is 2. The number of carbonyl (C=O) groups excluding carboxylic acids is 1. The van der Waals surface area contributed by atoms with E-state index in [0.717, 1.165) is 11.6 Å². The smallest absolute Gasteiger partial charge is 0.224 e. The Morgan fingerprint density at radius 2 is 2.00 bits per heavy atom. The second-order valence-electron chi connectivity index (χ2n) is 4.85. The molecule has 2 aromatic carbocycles. The van der Waals surface area contributed by atoms with E-state index in [1.54, 1.807) is 18.2 Å². The molecule has 0 aromatic heterocycles. The Balaban J connectivity index is 2.01. The molecule has 3 N–H and O–H groups in total. The van der Waals surface area contributed by atoms with Crippen LogP contribution in [0, 0.1) is 18.6 Å². The van der Waals surface area contributed by atoms with Crippen LogP contribution in [0.1, 0.15) is 17.5 Å². The summed E-state index contributed by atoms with van der Waals surface area (Å²) in [5.41, 5.74) is 7.04. The van der Waals surface area contributed by atoms with Crippen LogP contribution in [-0.4, -0.2) is 5.91 Å². The number of hydrogen-bond donors (Lipinski definition) is 2. The molecule has 0 bridgehead atoms. The maximum absolute atomic E-state index is 13.8. The van der Waals surface area contributed by atoms with Gasteiger partial charge in [0.05, 0.1) is 0 Å². The van der Waals surface area contributed by atoms with Gasteiger partial charge in [-0.05, 0) is 42.7 Å². The molecule has 0 aliphatic rings. The minimum absolute atomic E-state index is 0.121. The number of benzene rings is 2. The number of nitrogens with one attached hydrogen (secondary N) is 1. The fourth-order valence-corrected chi connectivity index (χ4v) is 1.98. The summed E-state index contributed by atoms with van der Waals surface area (Å²) in [5.74, 6) is -1.97. The first-order chi connectivity index (χ1) is 9.97. The monoisotopic (exact) mass is 290 g/mol. The Morgan fingerprint density at radius 3 is 2.71 bits per heavy atom. The quantitative estimate of drug-likeness (QED) is 0.848. The van der Waals surface area contributed by atoms with E-state index >= 15 is 0 Å². The molecule has 1 amide bonds. The molecule has 21 heavy (non-hydrogen) atoms. The number of aryl methyl sites for hydroxylation is 2. The molecule has 0 aliphatic heterocycles. The van der Waals surface area contributed by atoms with Gasteiger partial charge in [-0.15, -0.1) is 0 Å². The minimum atomic E-state index is -0.782. The van der Waals surface area contributed by atoms with Gasteiger partial charge in [-0.1, -0.05) is 18.2 Å². The number of nitrogens with two attached hydrogens (primary N) is 1. The molecule has 2 rings (SSSR count). The lowest BCUT2D eigenvalue weighted by molar-refractivity contribution is -0.116. The van der Waals surface area contributed by atoms with E-state index in [1.165, 1.54) is 13.0 Å². The third-order valence-corrected chi connectivity index (χ3v) is 3.14. The van der Waals surface area contributed by atoms with E-state index in [-0.39, 0.29) is 12.0 Å². The second-order valence-corrected chi connectivity index (χ2v) is 4.85. The largest absolute Gasteiger partial charge is 0.399 e. The van der Waals surface area contributed by atoms with E-state index in [4.69, 9.17) is 5.73 Å². The molecular formula is C16H16F2N2O. The van der Waals surface area contributed by atoms with Gasteiger partial charge < -0.3 is 11.1 Å². The molecule has 0 radical (unpaired) electrons. The van der Waals surface area contributed by atoms with Gasteiger partial charge in [-0.2, -0.15) is 0 Å². The molecule has 0 fully saturated rings. The van der Waals surface area contributed by atoms with Gasteiger partial charge >= 0.3 is 0 Å². The van der Waals surface area contributed by atoms with E-state index in [2.05, 4.69) is 5.32 Å². The normalized spacial score (nSPS) is 10.4. The summed E-state index contributed by atoms with van der Waals surface area (Å²) in [7, 11) is 0. The van der Waals surface area contributed by atoms with Crippen LogP contribution in [0.4, 0.5) is 20.2 Å². The summed E-state index contributed by atoms with van der Waals surface area (Å²) in [4.78, 5) is 11.8. The van der Waals surface area contributed by atoms with E-state index in [0.29, 0.717) is 12.1 Å². The SMILES string of the molecule is Cc1ccc(F)c(NC(=O)CCc2cccc(N)c2)c1F. The molecule has 0 saturated heterocycles. The number of carbonyl (C=O) groups is 1. The lowest BCUT2D eigenvalue weighted by Gasteiger charge is -2.09. The summed E-state index contributed by atoms with van der Waals surface area (Å²) in [6.45, 7) is 1.51. The van der Waals surface area contributed by atoms with Crippen LogP contribution in [0.3, 0.4) is 0 Å². The standard InChI is InChI=1S/C16H16F2N2O/c1-10-5-7-13(17)16(15(10)18)20-14(21)8-6-11-3-2-4-12(19)9-11/h2-5,7,9H,6,8,19H2,1H3,(H,20,21). The summed E-state index contributed by atoms with van der Waals surface area (Å²) < 4.78 is 27.3. The fraction of sp³-hybridized carbons (Fsp3) is 0.188. The van der Waals surface area contributed by atoms with Crippen molar-refractivity contribution >= 4 is 17.3 Å². The Morgan fingerprint density at radius 1 is 1.24 bits per heavy atom. The van der Waals surface area contributed by atoms with Crippen LogP contribution in [0.15, 0.2) is 36.4 Å². The maximum atomic E-state index is 13.8. The van der Waals surface area contributed by atoms with Gasteiger partial charge in [0, 0.05) is 12.1 Å². The molecule has 2 aromatic rings. The van der Waals surface area contributed by atoms with Gasteiger partial charge in [-0.25, -0.2) is 8.78 Å². The Labute approximate surface area is 121 Å². The lowest BCUT2D eigenvalue weighted by Crippen LogP contribution is -2.15. The second kappa shape index (κ2) is 6.35. The van der Waals surface area contributed by atoms with Crippen molar-refractivity contribution in [3.63, 3.8) is 0 Å². The highest BCUT2D eigenvalue weighted by atomic mass is 19.1. The topological polar surface area (TPSA) is 55.1 Å². The first kappa shape index (κ1) is 15.0. The molecule has 0 spiro atoms. The van der Waals surface area contributed by atoms with Crippen molar-refractivity contribution in [3.05, 3.63) is 59.2 Å². The predicted octanol–water partition coefficient (Wildman–Crippen LogP) is 3.43. The number of rotatable bonds is 4. The van der Waals surface area contributed by atoms with Crippen molar-refractivity contribution in [2.45, 2.75) is 19.8 Å². The average molecular weight is 290 g/mol. The molecule has 0 heterocycles. The van der Waals surface area contributed by atoms with Gasteiger partial charge in [0.2, 0.25) is 5.91 Å². The van der Waals surface area contributed by atoms with Crippen molar-refractivity contribution in [1.82, 2.24) is 0 Å². The van der Waals surface area contributed by atoms with Crippen LogP contribution in [-0.2, 0) is 11.2 Å². The highest BCUT2D eigenvalue weighted by Gasteiger charge is 2.14. The summed E-state index contributed by atoms with van der Waals surface area (Å²) >= 11 is 0. The molecule has 0 saturated carbocycles. The number of halogens is 2. The molecule has 0 atom stereocenters. The van der Waals surface area contributed by atoms with Crippen molar-refractivity contribution in [2.75, 3.05) is 11.1 Å². The van der Waals surface area contributed by atoms with Crippen molar-refractivity contribution in [1.29, 1.82) is 0 Å². The van der Waals surface area contributed by atoms with Crippen LogP contribution < -0.4 is 11.1 Å². The van der Waals surface area contributed by atoms with E-state index in [1.807, 2.05) is 6.07 Å². The van der Waals surface area contributed by atoms with Gasteiger partial charge in [0.25, 0.3) is 0 Å². The van der Waals surface area contributed by atoms with Crippen molar-refractivity contribution < 1.29 is 13.6 Å². The molecule has 3 nitrogen and oxygen atoms in total. The Bertz CT molecular complexity index is 671. The average Bonchev–Trinajstić information content (AvgIpc) is 2.46. The molecule has 5 heteroatoms. The van der Waals surface area contributed by atoms with Crippen LogP contribution in [0.25, 0.3) is 0 Å². The number of anilines is 2. The summed E-state index contributed by atoms with van der Waals surface area (Å²) in [6, 6.07) is 9.61. The maximum Gasteiger partial charge on any atom is 0.224 e. The Kier molecular flexibility index (Phi) is 4.52. The van der Waals surface area contributed by atoms with Gasteiger partial charge in [0.15, 0.2) is 5.82 Å². The van der Waals surface area contributed by atoms with Crippen LogP contribution in [0.5, 0.6) is 0 Å². The highest BCUT2D eigenvalue weighted by Crippen LogP contribution is 2.22. The van der Waals surface area contributed by atoms with Crippen LogP contribution in [0.2, 0.25) is 0 Å². The van der Waals surface area contributed by atoms with Gasteiger partial charge in [0.1, 0.15) is 11.5 Å². The molecule has 110 valence electrons. The van der Waals surface area contributed by atoms with E-state index in [9.17, 15) is 13.6 Å². The molecule has 0 aliphatic carbocycles. The Hall–Kier alpha value is -2.43. The zero-order chi connectivity index (χ0) is 15.4. The van der Waals surface area contributed by atoms with E-state index < -0.39 is 23.2 Å². The highest BCUT2D eigenvalue weighted by molar-refractivity contribution is 5.91. The lowest BCUT2D eigenvalue weighted by atomic mass is 10.1. The number of nitrogen functional groups attached to an aromatic ring is 1. The fourth-order valence-electron chi connectivity index (χ4n) is 1.98. The first-order valence-electron chi connectivity index (χ1n) is 6.56. The third-order valence-electron chi connectivity index (χ3n) is 3.14. The van der Waals surface area contributed by atoms with Crippen LogP contribution >= 0.6 is 0 Å². The van der Waals surface area contributed by atoms with Gasteiger partial charge in [-0.3, -0.25) is 4.79 Å². The first-order valence-corrected chi connectivity index (χ1v) is 6.56. The summed E-state index contributed by atoms with van der Waals surface area (Å²) in [6.07, 6.45) is 0.572. The number of amides is 1. The van der Waals surface area contributed by atoms with Crippen molar-refractivity contribution in [3.8, 4) is 0 Å². The van der Waals surface area contributed by atoms with Crippen molar-refractivity contribution in [2.24, 2.45) is 0 Å². The zero-order valence-corrected chi connectivity index (χ0v) is 11.6. The third kappa shape index (κ3) is 3.78. The summed E-state index contributed by atoms with van der Waals surface area (Å²) in [5, 5.41) is 2.28.